The Hall–Kier alpha value is -0.680. The molecule has 16 heavy (non-hydrogen) atoms. The van der Waals surface area contributed by atoms with Gasteiger partial charge in [0.15, 0.2) is 0 Å². The number of thioether (sulfide) groups is 1. The number of rotatable bonds is 6. The van der Waals surface area contributed by atoms with Crippen LogP contribution in [0.4, 0.5) is 0 Å². The van der Waals surface area contributed by atoms with E-state index in [2.05, 4.69) is 21.2 Å². The predicted octanol–water partition coefficient (Wildman–Crippen LogP) is 2.51. The fraction of sp³-hybridized carbons (Fsp3) is 0.364. The zero-order chi connectivity index (χ0) is 11.8. The molecule has 0 fully saturated rings. The predicted molar refractivity (Wildman–Crippen MR) is 71.6 cm³/mol. The van der Waals surface area contributed by atoms with Gasteiger partial charge in [-0.1, -0.05) is 6.07 Å². The summed E-state index contributed by atoms with van der Waals surface area (Å²) in [7, 11) is 0. The van der Waals surface area contributed by atoms with Gasteiger partial charge in [-0.2, -0.15) is 11.8 Å². The lowest BCUT2D eigenvalue weighted by molar-refractivity contribution is 0.0956. The van der Waals surface area contributed by atoms with Gasteiger partial charge in [-0.05, 0) is 40.4 Å². The quantitative estimate of drug-likeness (QED) is 0.648. The number of carbonyl (C=O) groups is 1. The molecule has 1 amide bonds. The first-order chi connectivity index (χ1) is 7.77. The van der Waals surface area contributed by atoms with Gasteiger partial charge in [0.05, 0.1) is 0 Å². The van der Waals surface area contributed by atoms with Crippen molar-refractivity contribution in [2.24, 2.45) is 0 Å². The Morgan fingerprint density at radius 3 is 3.06 bits per heavy atom. The SMILES string of the molecule is CSCCNC(=O)c1cccc(OCBr)c1. The van der Waals surface area contributed by atoms with Crippen molar-refractivity contribution in [1.29, 1.82) is 0 Å². The van der Waals surface area contributed by atoms with Crippen LogP contribution in [0.15, 0.2) is 24.3 Å². The number of halogens is 1. The minimum atomic E-state index is -0.0610. The minimum Gasteiger partial charge on any atom is -0.482 e. The van der Waals surface area contributed by atoms with E-state index in [-0.39, 0.29) is 5.91 Å². The molecule has 1 aromatic carbocycles. The Kier molecular flexibility index (Phi) is 6.33. The first-order valence-electron chi connectivity index (χ1n) is 4.84. The first-order valence-corrected chi connectivity index (χ1v) is 7.35. The van der Waals surface area contributed by atoms with Crippen molar-refractivity contribution in [3.63, 3.8) is 0 Å². The third-order valence-corrected chi connectivity index (χ3v) is 2.75. The Labute approximate surface area is 108 Å². The molecule has 88 valence electrons. The molecule has 0 aliphatic heterocycles. The molecule has 0 atom stereocenters. The van der Waals surface area contributed by atoms with Gasteiger partial charge >= 0.3 is 0 Å². The molecule has 0 bridgehead atoms. The zero-order valence-corrected chi connectivity index (χ0v) is 11.4. The van der Waals surface area contributed by atoms with Crippen LogP contribution < -0.4 is 10.1 Å². The van der Waals surface area contributed by atoms with E-state index in [1.807, 2.05) is 18.4 Å². The van der Waals surface area contributed by atoms with Crippen LogP contribution in [-0.4, -0.2) is 30.0 Å². The van der Waals surface area contributed by atoms with E-state index in [0.717, 1.165) is 5.75 Å². The number of nitrogens with one attached hydrogen (secondary N) is 1. The standard InChI is InChI=1S/C11H14BrNO2S/c1-16-6-5-13-11(14)9-3-2-4-10(7-9)15-8-12/h2-4,7H,5-6,8H2,1H3,(H,13,14). The van der Waals surface area contributed by atoms with Gasteiger partial charge in [-0.25, -0.2) is 0 Å². The van der Waals surface area contributed by atoms with E-state index >= 15 is 0 Å². The maximum atomic E-state index is 11.7. The van der Waals surface area contributed by atoms with E-state index in [4.69, 9.17) is 4.74 Å². The summed E-state index contributed by atoms with van der Waals surface area (Å²) in [5, 5.41) is 2.84. The number of hydrogen-bond donors (Lipinski definition) is 1. The van der Waals surface area contributed by atoms with E-state index in [1.165, 1.54) is 0 Å². The largest absolute Gasteiger partial charge is 0.482 e. The van der Waals surface area contributed by atoms with E-state index < -0.39 is 0 Å². The zero-order valence-electron chi connectivity index (χ0n) is 9.03. The second-order valence-electron chi connectivity index (χ2n) is 3.03. The van der Waals surface area contributed by atoms with Crippen LogP contribution in [0.5, 0.6) is 5.75 Å². The van der Waals surface area contributed by atoms with Crippen molar-refractivity contribution in [2.75, 3.05) is 24.1 Å². The van der Waals surface area contributed by atoms with E-state index in [1.54, 1.807) is 23.9 Å². The molecule has 0 heterocycles. The molecule has 1 aromatic rings. The highest BCUT2D eigenvalue weighted by atomic mass is 79.9. The molecule has 0 saturated carbocycles. The van der Waals surface area contributed by atoms with E-state index in [9.17, 15) is 4.79 Å². The second kappa shape index (κ2) is 7.57. The average molecular weight is 304 g/mol. The lowest BCUT2D eigenvalue weighted by Gasteiger charge is -2.06. The Morgan fingerprint density at radius 2 is 2.38 bits per heavy atom. The fourth-order valence-corrected chi connectivity index (χ4v) is 1.73. The topological polar surface area (TPSA) is 38.3 Å². The van der Waals surface area contributed by atoms with Gasteiger partial charge in [0.1, 0.15) is 11.3 Å². The van der Waals surface area contributed by atoms with Crippen LogP contribution in [0, 0.1) is 0 Å². The highest BCUT2D eigenvalue weighted by Gasteiger charge is 2.05. The fourth-order valence-electron chi connectivity index (χ4n) is 1.16. The lowest BCUT2D eigenvalue weighted by atomic mass is 10.2. The number of benzene rings is 1. The molecular formula is C11H14BrNO2S. The van der Waals surface area contributed by atoms with Gasteiger partial charge in [0.2, 0.25) is 0 Å². The van der Waals surface area contributed by atoms with Crippen molar-refractivity contribution < 1.29 is 9.53 Å². The molecule has 5 heteroatoms. The molecule has 1 N–H and O–H groups in total. The molecule has 0 saturated heterocycles. The Balaban J connectivity index is 2.57. The molecule has 0 spiro atoms. The van der Waals surface area contributed by atoms with Crippen LogP contribution in [-0.2, 0) is 0 Å². The highest BCUT2D eigenvalue weighted by molar-refractivity contribution is 9.09. The second-order valence-corrected chi connectivity index (χ2v) is 4.47. The normalized spacial score (nSPS) is 9.88. The summed E-state index contributed by atoms with van der Waals surface area (Å²) in [4.78, 5) is 11.7. The molecule has 3 nitrogen and oxygen atoms in total. The maximum Gasteiger partial charge on any atom is 0.251 e. The number of amides is 1. The molecule has 0 aromatic heterocycles. The molecular weight excluding hydrogens is 290 g/mol. The van der Waals surface area contributed by atoms with E-state index in [0.29, 0.717) is 23.4 Å². The highest BCUT2D eigenvalue weighted by Crippen LogP contribution is 2.13. The third kappa shape index (κ3) is 4.45. The van der Waals surface area contributed by atoms with Gasteiger partial charge < -0.3 is 10.1 Å². The summed E-state index contributed by atoms with van der Waals surface area (Å²) >= 11 is 4.88. The molecule has 1 rings (SSSR count). The van der Waals surface area contributed by atoms with Gasteiger partial charge in [0.25, 0.3) is 5.91 Å². The van der Waals surface area contributed by atoms with Crippen molar-refractivity contribution in [1.82, 2.24) is 5.32 Å². The molecule has 0 unspecified atom stereocenters. The number of alkyl halides is 1. The monoisotopic (exact) mass is 303 g/mol. The van der Waals surface area contributed by atoms with Gasteiger partial charge in [-0.3, -0.25) is 4.79 Å². The van der Waals surface area contributed by atoms with Gasteiger partial charge in [-0.15, -0.1) is 0 Å². The first kappa shape index (κ1) is 13.4. The Morgan fingerprint density at radius 1 is 1.56 bits per heavy atom. The smallest absolute Gasteiger partial charge is 0.251 e. The number of hydrogen-bond acceptors (Lipinski definition) is 3. The molecule has 0 radical (unpaired) electrons. The van der Waals surface area contributed by atoms with Crippen LogP contribution in [0.2, 0.25) is 0 Å². The summed E-state index contributed by atoms with van der Waals surface area (Å²) in [5.41, 5.74) is 1.05. The summed E-state index contributed by atoms with van der Waals surface area (Å²) < 4.78 is 5.25. The van der Waals surface area contributed by atoms with Crippen LogP contribution in [0.25, 0.3) is 0 Å². The maximum absolute atomic E-state index is 11.7. The summed E-state index contributed by atoms with van der Waals surface area (Å²) in [5.74, 6) is 1.55. The summed E-state index contributed by atoms with van der Waals surface area (Å²) in [6.45, 7) is 0.684. The van der Waals surface area contributed by atoms with Crippen molar-refractivity contribution in [2.45, 2.75) is 0 Å². The average Bonchev–Trinajstić information content (AvgIpc) is 2.30. The van der Waals surface area contributed by atoms with Crippen molar-refractivity contribution >= 4 is 33.6 Å². The minimum absolute atomic E-state index is 0.0610. The summed E-state index contributed by atoms with van der Waals surface area (Å²) in [6.07, 6.45) is 2.01. The lowest BCUT2D eigenvalue weighted by Crippen LogP contribution is -2.25. The van der Waals surface area contributed by atoms with Crippen molar-refractivity contribution in [3.05, 3.63) is 29.8 Å². The summed E-state index contributed by atoms with van der Waals surface area (Å²) in [6, 6.07) is 7.13. The Bertz CT molecular complexity index is 347. The molecule has 0 aliphatic rings. The van der Waals surface area contributed by atoms with Gasteiger partial charge in [0, 0.05) is 17.9 Å². The number of carbonyl (C=O) groups excluding carboxylic acids is 1. The number of ether oxygens (including phenoxy) is 1. The van der Waals surface area contributed by atoms with Crippen LogP contribution >= 0.6 is 27.7 Å². The molecule has 0 aliphatic carbocycles. The van der Waals surface area contributed by atoms with Crippen LogP contribution in [0.1, 0.15) is 10.4 Å². The third-order valence-electron chi connectivity index (χ3n) is 1.91. The van der Waals surface area contributed by atoms with Crippen LogP contribution in [0.3, 0.4) is 0 Å². The van der Waals surface area contributed by atoms with Crippen molar-refractivity contribution in [3.8, 4) is 5.75 Å².